The van der Waals surface area contributed by atoms with Crippen LogP contribution in [0.1, 0.15) is 113 Å². The molecule has 5 saturated heterocycles. The third-order valence-electron chi connectivity index (χ3n) is 12.3. The lowest BCUT2D eigenvalue weighted by Crippen LogP contribution is -2.56. The van der Waals surface area contributed by atoms with Crippen molar-refractivity contribution in [3.8, 4) is 0 Å². The molecule has 0 unspecified atom stereocenters. The fourth-order valence-corrected chi connectivity index (χ4v) is 9.28. The van der Waals surface area contributed by atoms with Gasteiger partial charge in [0.15, 0.2) is 11.6 Å². The summed E-state index contributed by atoms with van der Waals surface area (Å²) in [4.78, 5) is 4.34. The highest BCUT2D eigenvalue weighted by Crippen LogP contribution is 2.54. The van der Waals surface area contributed by atoms with Gasteiger partial charge in [0.25, 0.3) is 0 Å². The molecule has 15 atom stereocenters. The minimum Gasteiger partial charge on any atom is -0.393 e. The molecule has 10 nitrogen and oxygen atoms in total. The molecular formula is C35H60O10. The maximum Gasteiger partial charge on any atom is 0.192 e. The van der Waals surface area contributed by atoms with Gasteiger partial charge in [-0.25, -0.2) is 5.26 Å². The summed E-state index contributed by atoms with van der Waals surface area (Å²) < 4.78 is 33.8. The van der Waals surface area contributed by atoms with Gasteiger partial charge in [-0.1, -0.05) is 41.5 Å². The highest BCUT2D eigenvalue weighted by molar-refractivity contribution is 5.08. The van der Waals surface area contributed by atoms with Gasteiger partial charge in [0, 0.05) is 24.7 Å². The van der Waals surface area contributed by atoms with Crippen LogP contribution in [0.4, 0.5) is 0 Å². The van der Waals surface area contributed by atoms with Crippen LogP contribution in [-0.2, 0) is 28.6 Å². The van der Waals surface area contributed by atoms with Crippen molar-refractivity contribution >= 4 is 0 Å². The van der Waals surface area contributed by atoms with Crippen molar-refractivity contribution in [3.05, 3.63) is 11.8 Å². The van der Waals surface area contributed by atoms with Crippen molar-refractivity contribution < 1.29 is 49.1 Å². The first-order valence-electron chi connectivity index (χ1n) is 17.5. The zero-order valence-corrected chi connectivity index (χ0v) is 28.7. The Morgan fingerprint density at radius 1 is 1.04 bits per heavy atom. The first kappa shape index (κ1) is 35.5. The minimum atomic E-state index is -1.55. The van der Waals surface area contributed by atoms with Gasteiger partial charge in [0.1, 0.15) is 5.76 Å². The molecule has 0 bridgehead atoms. The first-order chi connectivity index (χ1) is 21.1. The van der Waals surface area contributed by atoms with Gasteiger partial charge in [-0.3, -0.25) is 0 Å². The summed E-state index contributed by atoms with van der Waals surface area (Å²) in [7, 11) is 0. The van der Waals surface area contributed by atoms with Gasteiger partial charge >= 0.3 is 0 Å². The van der Waals surface area contributed by atoms with Crippen LogP contribution in [0, 0.1) is 29.6 Å². The lowest BCUT2D eigenvalue weighted by atomic mass is 9.80. The normalized spacial score (nSPS) is 51.6. The van der Waals surface area contributed by atoms with E-state index in [-0.39, 0.29) is 60.1 Å². The molecule has 10 heteroatoms. The third kappa shape index (κ3) is 6.62. The van der Waals surface area contributed by atoms with Gasteiger partial charge in [0.2, 0.25) is 0 Å². The summed E-state index contributed by atoms with van der Waals surface area (Å²) in [5.41, 5.74) is -1.03. The van der Waals surface area contributed by atoms with Gasteiger partial charge in [-0.2, -0.15) is 0 Å². The molecule has 5 aliphatic rings. The number of aliphatic hydroxyl groups excluding tert-OH is 2. The quantitative estimate of drug-likeness (QED) is 0.149. The van der Waals surface area contributed by atoms with Crippen LogP contribution in [0.15, 0.2) is 11.8 Å². The average molecular weight is 641 g/mol. The van der Waals surface area contributed by atoms with Crippen LogP contribution in [0.3, 0.4) is 0 Å². The Bertz CT molecular complexity index is 1060. The summed E-state index contributed by atoms with van der Waals surface area (Å²) in [5.74, 6) is -1.66. The summed E-state index contributed by atoms with van der Waals surface area (Å²) in [6, 6.07) is 0. The van der Waals surface area contributed by atoms with Gasteiger partial charge in [0.05, 0.1) is 54.4 Å². The molecule has 45 heavy (non-hydrogen) atoms. The van der Waals surface area contributed by atoms with Crippen molar-refractivity contribution in [2.24, 2.45) is 29.6 Å². The van der Waals surface area contributed by atoms with E-state index in [9.17, 15) is 15.3 Å². The second-order valence-electron chi connectivity index (χ2n) is 15.7. The van der Waals surface area contributed by atoms with E-state index >= 15 is 0 Å². The zero-order valence-electron chi connectivity index (χ0n) is 28.7. The molecule has 0 aliphatic carbocycles. The SMILES string of the molecule is CC[C@@]1([C@@H]2O[C@@H]([C@H]3O[C@@](O)(CO)[C@H](C)C[C@@H]3C)C[C@@H]2C)CC[C@H]([C@]2(C)CC[C@]3(C[C@H](O)[C@@H](C)[C@@H]([C@@H](C)CC=C(C)OO)O3)O2)O1. The summed E-state index contributed by atoms with van der Waals surface area (Å²) >= 11 is 0. The van der Waals surface area contributed by atoms with Gasteiger partial charge in [-0.15, -0.1) is 0 Å². The van der Waals surface area contributed by atoms with E-state index in [0.717, 1.165) is 38.5 Å². The van der Waals surface area contributed by atoms with Crippen molar-refractivity contribution in [3.63, 3.8) is 0 Å². The molecule has 5 fully saturated rings. The molecule has 1 spiro atoms. The Morgan fingerprint density at radius 2 is 1.78 bits per heavy atom. The number of ether oxygens (including phenoxy) is 5. The third-order valence-corrected chi connectivity index (χ3v) is 12.3. The fraction of sp³-hybridized carbons (Fsp3) is 0.943. The van der Waals surface area contributed by atoms with E-state index in [2.05, 4.69) is 39.5 Å². The van der Waals surface area contributed by atoms with Crippen molar-refractivity contribution in [2.75, 3.05) is 6.61 Å². The first-order valence-corrected chi connectivity index (χ1v) is 17.5. The molecule has 0 amide bonds. The maximum atomic E-state index is 11.2. The Morgan fingerprint density at radius 3 is 2.44 bits per heavy atom. The molecule has 260 valence electrons. The Hall–Kier alpha value is -0.820. The van der Waals surface area contributed by atoms with Crippen LogP contribution >= 0.6 is 0 Å². The molecule has 5 heterocycles. The van der Waals surface area contributed by atoms with E-state index in [4.69, 9.17) is 28.9 Å². The lowest BCUT2D eigenvalue weighted by Gasteiger charge is -2.47. The molecule has 5 rings (SSSR count). The van der Waals surface area contributed by atoms with Crippen LogP contribution < -0.4 is 0 Å². The average Bonchev–Trinajstić information content (AvgIpc) is 3.72. The number of hydrogen-bond acceptors (Lipinski definition) is 10. The summed E-state index contributed by atoms with van der Waals surface area (Å²) in [5, 5.41) is 41.0. The molecule has 0 aromatic carbocycles. The second-order valence-corrected chi connectivity index (χ2v) is 15.7. The molecule has 0 radical (unpaired) electrons. The zero-order chi connectivity index (χ0) is 32.9. The number of aliphatic hydroxyl groups is 3. The molecule has 5 aliphatic heterocycles. The molecule has 4 N–H and O–H groups in total. The fourth-order valence-electron chi connectivity index (χ4n) is 9.28. The Labute approximate surface area is 269 Å². The topological polar surface area (TPSA) is 136 Å². The second kappa shape index (κ2) is 13.2. The highest BCUT2D eigenvalue weighted by Gasteiger charge is 2.62. The van der Waals surface area contributed by atoms with Crippen LogP contribution in [0.25, 0.3) is 0 Å². The largest absolute Gasteiger partial charge is 0.393 e. The van der Waals surface area contributed by atoms with Crippen LogP contribution in [-0.4, -0.2) is 86.6 Å². The van der Waals surface area contributed by atoms with Gasteiger partial charge in [-0.05, 0) is 82.6 Å². The smallest absolute Gasteiger partial charge is 0.192 e. The van der Waals surface area contributed by atoms with Crippen LogP contribution in [0.5, 0.6) is 0 Å². The van der Waals surface area contributed by atoms with E-state index in [1.54, 1.807) is 6.92 Å². The molecule has 0 saturated carbocycles. The van der Waals surface area contributed by atoms with E-state index in [0.29, 0.717) is 25.0 Å². The van der Waals surface area contributed by atoms with Gasteiger partial charge < -0.3 is 43.9 Å². The highest BCUT2D eigenvalue weighted by atomic mass is 17.1. The lowest BCUT2D eigenvalue weighted by molar-refractivity contribution is -0.333. The summed E-state index contributed by atoms with van der Waals surface area (Å²) in [6.07, 6.45) is 6.97. The van der Waals surface area contributed by atoms with Crippen molar-refractivity contribution in [1.82, 2.24) is 0 Å². The predicted molar refractivity (Wildman–Crippen MR) is 167 cm³/mol. The Kier molecular flexibility index (Phi) is 10.4. The van der Waals surface area contributed by atoms with Crippen molar-refractivity contribution in [1.29, 1.82) is 0 Å². The number of allylic oxidation sites excluding steroid dienone is 2. The van der Waals surface area contributed by atoms with E-state index < -0.39 is 35.5 Å². The standard InChI is InChI=1S/C35H60O10/c1-9-33(31-22(4)17-27(40-31)30-21(3)16-23(5)35(38,19-36)43-30)13-12-28(41-33)32(8)14-15-34(45-32)18-26(37)25(7)29(42-34)20(2)10-11-24(6)44-39/h11,20-23,25-31,36-39H,9-10,12-19H2,1-8H3/t20-,21-,22-,23+,25+,26-,27+,28+,29+,30-,31+,32-,33-,34+,35-/m0/s1. The van der Waals surface area contributed by atoms with E-state index in [1.165, 1.54) is 0 Å². The molecular weight excluding hydrogens is 580 g/mol. The predicted octanol–water partition coefficient (Wildman–Crippen LogP) is 5.32. The molecule has 0 aromatic heterocycles. The van der Waals surface area contributed by atoms with Crippen molar-refractivity contribution in [2.45, 2.75) is 173 Å². The minimum absolute atomic E-state index is 0.0540. The number of hydrogen-bond donors (Lipinski definition) is 4. The molecule has 0 aromatic rings. The van der Waals surface area contributed by atoms with E-state index in [1.807, 2.05) is 19.9 Å². The monoisotopic (exact) mass is 640 g/mol. The van der Waals surface area contributed by atoms with Crippen LogP contribution in [0.2, 0.25) is 0 Å². The Balaban J connectivity index is 1.27. The maximum absolute atomic E-state index is 11.2. The summed E-state index contributed by atoms with van der Waals surface area (Å²) in [6.45, 7) is 16.0. The number of rotatable bonds is 9.